The molecule has 358 valence electrons. The maximum absolute atomic E-state index is 16.5. The number of nitrogens with zero attached hydrogens (tertiary/aromatic N) is 5. The Kier molecular flexibility index (Phi) is 13.3. The summed E-state index contributed by atoms with van der Waals surface area (Å²) in [7, 11) is 1.37. The van der Waals surface area contributed by atoms with Gasteiger partial charge in [-0.05, 0) is 96.7 Å². The number of phenols is 1. The van der Waals surface area contributed by atoms with Gasteiger partial charge in [0.2, 0.25) is 17.5 Å². The Hall–Kier alpha value is -5.87. The van der Waals surface area contributed by atoms with Crippen LogP contribution in [0.1, 0.15) is 90.5 Å². The lowest BCUT2D eigenvalue weighted by molar-refractivity contribution is -0.155. The molecule has 4 N–H and O–H groups in total. The first kappa shape index (κ1) is 47.6. The zero-order valence-electron chi connectivity index (χ0n) is 39.9. The first-order valence-electron chi connectivity index (χ1n) is 23.8. The van der Waals surface area contributed by atoms with E-state index in [0.717, 1.165) is 43.9 Å². The Morgan fingerprint density at radius 1 is 1.06 bits per heavy atom. The average molecular weight is 921 g/mol. The Bertz CT molecular complexity index is 2590. The van der Waals surface area contributed by atoms with Crippen molar-refractivity contribution < 1.29 is 38.2 Å². The van der Waals surface area contributed by atoms with Gasteiger partial charge in [0.1, 0.15) is 23.9 Å². The van der Waals surface area contributed by atoms with E-state index in [1.807, 2.05) is 24.4 Å². The van der Waals surface area contributed by atoms with Crippen LogP contribution in [0.3, 0.4) is 0 Å². The number of aryl methyl sites for hydroxylation is 1. The van der Waals surface area contributed by atoms with Crippen molar-refractivity contribution in [3.63, 3.8) is 0 Å². The number of amides is 4. The number of hydrogen-bond donors (Lipinski definition) is 4. The highest BCUT2D eigenvalue weighted by Crippen LogP contribution is 2.42. The monoisotopic (exact) mass is 920 g/mol. The fourth-order valence-electron chi connectivity index (χ4n) is 10.3. The lowest BCUT2D eigenvalue weighted by Gasteiger charge is -2.37. The fraction of sp³-hybridized carbons (Fsp3) is 0.529. The van der Waals surface area contributed by atoms with Crippen molar-refractivity contribution in [3.05, 3.63) is 71.5 Å². The number of ether oxygens (including phenoxy) is 1. The van der Waals surface area contributed by atoms with Gasteiger partial charge in [0, 0.05) is 74.1 Å². The number of alkyl halides is 1. The molecule has 6 heterocycles. The van der Waals surface area contributed by atoms with Gasteiger partial charge >= 0.3 is 5.97 Å². The molecule has 16 heteroatoms. The van der Waals surface area contributed by atoms with E-state index in [-0.39, 0.29) is 56.2 Å². The molecule has 2 aromatic heterocycles. The van der Waals surface area contributed by atoms with Gasteiger partial charge in [-0.1, -0.05) is 53.7 Å². The van der Waals surface area contributed by atoms with Gasteiger partial charge in [0.25, 0.3) is 11.8 Å². The molecule has 15 nitrogen and oxygen atoms in total. The summed E-state index contributed by atoms with van der Waals surface area (Å²) >= 11 is 0. The van der Waals surface area contributed by atoms with Gasteiger partial charge in [-0.3, -0.25) is 34.0 Å². The van der Waals surface area contributed by atoms with E-state index < -0.39 is 65.4 Å². The smallest absolute Gasteiger partial charge is 0.324 e. The highest BCUT2D eigenvalue weighted by Gasteiger charge is 2.51. The van der Waals surface area contributed by atoms with E-state index in [9.17, 15) is 29.1 Å². The summed E-state index contributed by atoms with van der Waals surface area (Å²) in [5.74, 6) is -3.29. The first-order chi connectivity index (χ1) is 31.8. The number of carbonyl (C=O) groups is 5. The van der Waals surface area contributed by atoms with E-state index in [2.05, 4.69) is 73.4 Å². The maximum atomic E-state index is 16.5. The van der Waals surface area contributed by atoms with Crippen LogP contribution in [0.5, 0.6) is 5.75 Å². The SMILES string of the molecule is CCn1c(-c2cccnc2C(C)C)c2c3cc(ccc31)-c1cc(O)cc(c1)C[C@H](NC(=O)[C@H](C(C)C)N(C)C(=O)[C@]1(F)CCN(C(=O)[C@H]3CN3)C1)C(=O)N1CCC[C@H](N1)C(=O)OCC(C)(C)C2. The zero-order chi connectivity index (χ0) is 48.1. The van der Waals surface area contributed by atoms with Gasteiger partial charge < -0.3 is 34.8 Å². The van der Waals surface area contributed by atoms with Crippen LogP contribution in [0, 0.1) is 11.3 Å². The summed E-state index contributed by atoms with van der Waals surface area (Å²) in [6.45, 7) is 15.2. The third-order valence-electron chi connectivity index (χ3n) is 13.7. The molecular weight excluding hydrogens is 856 g/mol. The molecule has 4 amide bonds. The van der Waals surface area contributed by atoms with Crippen molar-refractivity contribution in [3.8, 4) is 28.1 Å². The van der Waals surface area contributed by atoms with Crippen molar-refractivity contribution in [2.75, 3.05) is 39.8 Å². The number of phenolic OH excluding ortho intramolecular Hbond substituents is 1. The van der Waals surface area contributed by atoms with E-state index in [0.29, 0.717) is 43.5 Å². The van der Waals surface area contributed by atoms with Crippen molar-refractivity contribution in [1.82, 2.24) is 40.4 Å². The number of likely N-dealkylation sites (tertiary alicyclic amines) is 1. The fourth-order valence-corrected chi connectivity index (χ4v) is 10.3. The molecule has 67 heavy (non-hydrogen) atoms. The number of hydrogen-bond acceptors (Lipinski definition) is 10. The first-order valence-corrected chi connectivity index (χ1v) is 23.8. The van der Waals surface area contributed by atoms with Gasteiger partial charge in [-0.15, -0.1) is 0 Å². The molecule has 0 radical (unpaired) electrons. The lowest BCUT2D eigenvalue weighted by Crippen LogP contribution is -2.62. The molecule has 4 aromatic rings. The molecule has 2 aromatic carbocycles. The Balaban J connectivity index is 1.18. The number of fused-ring (bicyclic) bond motifs is 6. The van der Waals surface area contributed by atoms with Crippen LogP contribution in [-0.4, -0.2) is 129 Å². The number of nitrogens with one attached hydrogen (secondary N) is 3. The number of cyclic esters (lactones) is 1. The number of halogens is 1. The number of rotatable bonds is 9. The molecule has 4 aliphatic rings. The van der Waals surface area contributed by atoms with Crippen LogP contribution >= 0.6 is 0 Å². The predicted molar refractivity (Wildman–Crippen MR) is 252 cm³/mol. The highest BCUT2D eigenvalue weighted by molar-refractivity contribution is 5.97. The summed E-state index contributed by atoms with van der Waals surface area (Å²) in [5.41, 5.74) is 7.40. The minimum absolute atomic E-state index is 0.0382. The largest absolute Gasteiger partial charge is 0.508 e. The summed E-state index contributed by atoms with van der Waals surface area (Å²) < 4.78 is 24.9. The molecule has 0 spiro atoms. The van der Waals surface area contributed by atoms with E-state index >= 15 is 4.39 Å². The summed E-state index contributed by atoms with van der Waals surface area (Å²) in [6, 6.07) is 11.8. The van der Waals surface area contributed by atoms with Gasteiger partial charge in [0.05, 0.1) is 30.6 Å². The third-order valence-corrected chi connectivity index (χ3v) is 13.7. The van der Waals surface area contributed by atoms with Crippen LogP contribution in [0.4, 0.5) is 4.39 Å². The number of carbonyl (C=O) groups excluding carboxylic acids is 5. The summed E-state index contributed by atoms with van der Waals surface area (Å²) in [6.07, 6.45) is 3.00. The quantitative estimate of drug-likeness (QED) is 0.127. The third kappa shape index (κ3) is 9.65. The highest BCUT2D eigenvalue weighted by atomic mass is 19.1. The number of aromatic nitrogens is 2. The molecule has 0 saturated carbocycles. The lowest BCUT2D eigenvalue weighted by atomic mass is 9.83. The van der Waals surface area contributed by atoms with Crippen molar-refractivity contribution in [2.24, 2.45) is 11.3 Å². The van der Waals surface area contributed by atoms with E-state index in [1.165, 1.54) is 17.0 Å². The topological polar surface area (TPSA) is 188 Å². The van der Waals surface area contributed by atoms with Crippen LogP contribution < -0.4 is 16.1 Å². The number of esters is 1. The van der Waals surface area contributed by atoms with Gasteiger partial charge in [-0.25, -0.2) is 9.82 Å². The molecular formula is C51H65FN8O7. The second-order valence-electron chi connectivity index (χ2n) is 20.4. The van der Waals surface area contributed by atoms with Crippen LogP contribution in [0.15, 0.2) is 54.7 Å². The minimum atomic E-state index is -2.39. The minimum Gasteiger partial charge on any atom is -0.508 e. The molecule has 0 unspecified atom stereocenters. The number of hydrazine groups is 1. The molecule has 8 rings (SSSR count). The Morgan fingerprint density at radius 2 is 1.82 bits per heavy atom. The number of aromatic hydroxyl groups is 1. The Morgan fingerprint density at radius 3 is 2.52 bits per heavy atom. The van der Waals surface area contributed by atoms with Crippen LogP contribution in [-0.2, 0) is 48.1 Å². The standard InChI is InChI=1S/C51H65FN8O7/c1-9-59-41-15-14-32-24-36(41)37(44(59)35-12-10-17-53-42(35)29(2)3)25-50(6,7)28-67-48(65)38-13-11-18-60(56-38)47(64)39(22-31-20-33(32)23-34(61)21-31)55-45(62)43(30(4)5)57(8)49(66)51(52)16-19-58(27-51)46(63)40-26-54-40/h10,12,14-15,17,20-21,23-24,29-30,38-40,43,54,56,61H,9,11,13,16,18-19,22,25-28H2,1-8H3,(H,55,62)/t38-,39-,40+,43-,51-/m0/s1. The van der Waals surface area contributed by atoms with Crippen LogP contribution in [0.2, 0.25) is 0 Å². The Labute approximate surface area is 391 Å². The molecule has 4 aliphatic heterocycles. The van der Waals surface area contributed by atoms with E-state index in [4.69, 9.17) is 9.72 Å². The van der Waals surface area contributed by atoms with Crippen molar-refractivity contribution in [2.45, 2.75) is 123 Å². The number of pyridine rings is 1. The summed E-state index contributed by atoms with van der Waals surface area (Å²) in [4.78, 5) is 77.1. The molecule has 6 bridgehead atoms. The predicted octanol–water partition coefficient (Wildman–Crippen LogP) is 5.26. The number of likely N-dealkylation sites (N-methyl/N-ethyl adjacent to an activating group) is 1. The molecule has 3 saturated heterocycles. The summed E-state index contributed by atoms with van der Waals surface area (Å²) in [5, 5.41) is 19.5. The second-order valence-corrected chi connectivity index (χ2v) is 20.4. The van der Waals surface area contributed by atoms with E-state index in [1.54, 1.807) is 26.0 Å². The second kappa shape index (κ2) is 18.7. The number of benzene rings is 2. The van der Waals surface area contributed by atoms with Crippen LogP contribution in [0.25, 0.3) is 33.3 Å². The van der Waals surface area contributed by atoms with Crippen molar-refractivity contribution in [1.29, 1.82) is 0 Å². The van der Waals surface area contributed by atoms with Gasteiger partial charge in [-0.2, -0.15) is 0 Å². The zero-order valence-corrected chi connectivity index (χ0v) is 39.9. The van der Waals surface area contributed by atoms with Gasteiger partial charge in [0.15, 0.2) is 0 Å². The maximum Gasteiger partial charge on any atom is 0.324 e. The molecule has 5 atom stereocenters. The molecule has 0 aliphatic carbocycles. The normalized spacial score (nSPS) is 23.5. The molecule has 3 fully saturated rings. The van der Waals surface area contributed by atoms with Crippen molar-refractivity contribution >= 4 is 40.5 Å². The average Bonchev–Trinajstić information content (AvgIpc) is 4.01.